The third kappa shape index (κ3) is 11.1. The van der Waals surface area contributed by atoms with Crippen molar-refractivity contribution in [2.45, 2.75) is 101 Å². The van der Waals surface area contributed by atoms with E-state index in [0.29, 0.717) is 45.2 Å². The predicted molar refractivity (Wildman–Crippen MR) is 217 cm³/mol. The van der Waals surface area contributed by atoms with E-state index in [4.69, 9.17) is 11.5 Å². The minimum Gasteiger partial charge on any atom is -0.368 e. The van der Waals surface area contributed by atoms with Crippen molar-refractivity contribution in [1.82, 2.24) is 25.8 Å². The summed E-state index contributed by atoms with van der Waals surface area (Å²) >= 11 is 0. The zero-order valence-corrected chi connectivity index (χ0v) is 33.0. The van der Waals surface area contributed by atoms with Crippen LogP contribution in [0.5, 0.6) is 0 Å². The fourth-order valence-corrected chi connectivity index (χ4v) is 8.02. The lowest BCUT2D eigenvalue weighted by Gasteiger charge is -2.37. The number of hydrogen-bond donors (Lipinski definition) is 5. The van der Waals surface area contributed by atoms with Crippen LogP contribution in [0.3, 0.4) is 0 Å². The van der Waals surface area contributed by atoms with E-state index < -0.39 is 53.3 Å². The first kappa shape index (κ1) is 42.6. The molecule has 2 heterocycles. The summed E-state index contributed by atoms with van der Waals surface area (Å²) < 4.78 is 0. The molecule has 2 fully saturated rings. The number of nitrogens with two attached hydrogens (primary N) is 2. The number of hydrogen-bond acceptors (Lipinski definition) is 7. The van der Waals surface area contributed by atoms with Crippen molar-refractivity contribution in [3.8, 4) is 0 Å². The average Bonchev–Trinajstić information content (AvgIpc) is 3.78. The first-order valence-electron chi connectivity index (χ1n) is 20.1. The van der Waals surface area contributed by atoms with E-state index in [9.17, 15) is 28.8 Å². The van der Waals surface area contributed by atoms with Gasteiger partial charge in [-0.15, -0.1) is 0 Å². The van der Waals surface area contributed by atoms with Crippen molar-refractivity contribution in [3.05, 3.63) is 108 Å². The average molecular weight is 780 g/mol. The molecule has 5 atom stereocenters. The molecule has 6 amide bonds. The fraction of sp³-hybridized carbons (Fsp3) is 0.455. The topological polar surface area (TPSA) is 197 Å². The number of likely N-dealkylation sites (tertiary alicyclic amines) is 2. The van der Waals surface area contributed by atoms with Crippen LogP contribution >= 0.6 is 0 Å². The fourth-order valence-electron chi connectivity index (χ4n) is 8.02. The number of carbonyl (C=O) groups excluding carboxylic acids is 6. The Hall–Kier alpha value is -5.56. The Balaban J connectivity index is 1.39. The van der Waals surface area contributed by atoms with E-state index >= 15 is 0 Å². The number of rotatable bonds is 19. The molecule has 57 heavy (non-hydrogen) atoms. The second-order valence-electron chi connectivity index (χ2n) is 15.6. The smallest absolute Gasteiger partial charge is 0.249 e. The molecule has 2 aliphatic rings. The third-order valence-electron chi connectivity index (χ3n) is 10.9. The molecule has 1 spiro atoms. The summed E-state index contributed by atoms with van der Waals surface area (Å²) in [5.41, 5.74) is 12.6. The molecular weight excluding hydrogens is 723 g/mol. The Kier molecular flexibility index (Phi) is 15.0. The molecule has 0 aromatic heterocycles. The number of nitrogens with one attached hydrogen (secondary N) is 3. The van der Waals surface area contributed by atoms with Crippen molar-refractivity contribution in [3.63, 3.8) is 0 Å². The summed E-state index contributed by atoms with van der Waals surface area (Å²) in [6, 6.07) is 24.0. The Morgan fingerprint density at radius 2 is 1.23 bits per heavy atom. The summed E-state index contributed by atoms with van der Waals surface area (Å²) in [6.07, 6.45) is 2.79. The van der Waals surface area contributed by atoms with Gasteiger partial charge in [-0.25, -0.2) is 0 Å². The monoisotopic (exact) mass is 779 g/mol. The van der Waals surface area contributed by atoms with Crippen LogP contribution in [0, 0.1) is 5.92 Å². The second kappa shape index (κ2) is 20.0. The molecule has 1 unspecified atom stereocenters. The molecular formula is C44H57N7O6. The highest BCUT2D eigenvalue weighted by Crippen LogP contribution is 2.41. The van der Waals surface area contributed by atoms with Gasteiger partial charge in [0.1, 0.15) is 29.7 Å². The molecule has 13 heteroatoms. The van der Waals surface area contributed by atoms with Gasteiger partial charge in [0, 0.05) is 38.8 Å². The quantitative estimate of drug-likeness (QED) is 0.123. The summed E-state index contributed by atoms with van der Waals surface area (Å²) in [6.45, 7) is 4.78. The molecule has 2 saturated heterocycles. The third-order valence-corrected chi connectivity index (χ3v) is 10.9. The first-order valence-corrected chi connectivity index (χ1v) is 20.1. The second-order valence-corrected chi connectivity index (χ2v) is 15.6. The van der Waals surface area contributed by atoms with E-state index in [1.807, 2.05) is 105 Å². The van der Waals surface area contributed by atoms with E-state index in [2.05, 4.69) is 16.0 Å². The molecule has 304 valence electrons. The van der Waals surface area contributed by atoms with Gasteiger partial charge in [0.25, 0.3) is 0 Å². The largest absolute Gasteiger partial charge is 0.368 e. The molecule has 7 N–H and O–H groups in total. The Bertz CT molecular complexity index is 1840. The van der Waals surface area contributed by atoms with E-state index in [0.717, 1.165) is 16.7 Å². The zero-order valence-electron chi connectivity index (χ0n) is 33.0. The summed E-state index contributed by atoms with van der Waals surface area (Å²) in [5.74, 6) is -2.70. The van der Waals surface area contributed by atoms with Crippen LogP contribution in [0.1, 0.15) is 69.1 Å². The molecule has 13 nitrogen and oxygen atoms in total. The van der Waals surface area contributed by atoms with Crippen molar-refractivity contribution >= 4 is 35.4 Å². The van der Waals surface area contributed by atoms with E-state index in [1.165, 1.54) is 0 Å². The van der Waals surface area contributed by atoms with Gasteiger partial charge < -0.3 is 37.2 Å². The van der Waals surface area contributed by atoms with Crippen molar-refractivity contribution in [2.75, 3.05) is 19.6 Å². The summed E-state index contributed by atoms with van der Waals surface area (Å²) in [4.78, 5) is 86.3. The number of amides is 6. The standard InChI is InChI=1S/C44H57N7O6/c1-30(2)26-37(41(55)48-34(39(46)53)27-31-14-6-3-7-15-31)50-25-22-44(43(50)57)21-13-24-51(44)42(56)36(29-33-18-10-5-11-19-33)49-40(54)35(47-38(52)20-12-23-45)28-32-16-8-4-9-17-32/h3-11,14-19,30,34-37H,12-13,20-29,45H2,1-2H3,(H2,46,53)(H,47,52)(H,48,55)(H,49,54)/t34-,35+,36+,37+,44?/m1/s1. The number of primary amides is 1. The van der Waals surface area contributed by atoms with Crippen LogP contribution in [-0.4, -0.2) is 94.6 Å². The van der Waals surface area contributed by atoms with Crippen LogP contribution in [-0.2, 0) is 48.0 Å². The lowest BCUT2D eigenvalue weighted by atomic mass is 9.92. The van der Waals surface area contributed by atoms with Crippen molar-refractivity contribution in [1.29, 1.82) is 0 Å². The number of benzene rings is 3. The Morgan fingerprint density at radius 1 is 0.702 bits per heavy atom. The Labute approximate surface area is 335 Å². The van der Waals surface area contributed by atoms with Crippen molar-refractivity contribution in [2.24, 2.45) is 17.4 Å². The maximum Gasteiger partial charge on any atom is 0.249 e. The van der Waals surface area contributed by atoms with Gasteiger partial charge in [-0.3, -0.25) is 28.8 Å². The van der Waals surface area contributed by atoms with Crippen LogP contribution in [0.15, 0.2) is 91.0 Å². The molecule has 2 aliphatic heterocycles. The van der Waals surface area contributed by atoms with Gasteiger partial charge in [0.2, 0.25) is 35.4 Å². The first-order chi connectivity index (χ1) is 27.4. The highest BCUT2D eigenvalue weighted by molar-refractivity contribution is 6.00. The van der Waals surface area contributed by atoms with Gasteiger partial charge in [0.05, 0.1) is 0 Å². The van der Waals surface area contributed by atoms with Crippen LogP contribution in [0.2, 0.25) is 0 Å². The maximum atomic E-state index is 14.8. The molecule has 5 rings (SSSR count). The molecule has 0 saturated carbocycles. The lowest BCUT2D eigenvalue weighted by molar-refractivity contribution is -0.151. The molecule has 3 aromatic rings. The molecule has 3 aromatic carbocycles. The maximum absolute atomic E-state index is 14.8. The number of nitrogens with zero attached hydrogens (tertiary/aromatic N) is 2. The van der Waals surface area contributed by atoms with E-state index in [1.54, 1.807) is 9.80 Å². The van der Waals surface area contributed by atoms with Crippen molar-refractivity contribution < 1.29 is 28.8 Å². The van der Waals surface area contributed by atoms with Gasteiger partial charge >= 0.3 is 0 Å². The zero-order chi connectivity index (χ0) is 41.0. The minimum atomic E-state index is -1.21. The van der Waals surface area contributed by atoms with Gasteiger partial charge in [-0.2, -0.15) is 0 Å². The van der Waals surface area contributed by atoms with Gasteiger partial charge in [-0.05, 0) is 61.3 Å². The van der Waals surface area contributed by atoms with Crippen LogP contribution in [0.4, 0.5) is 0 Å². The van der Waals surface area contributed by atoms with Crippen LogP contribution < -0.4 is 27.4 Å². The SMILES string of the molecule is CC(C)C[C@@H](C(=O)N[C@H](Cc1ccccc1)C(N)=O)N1CCC2(CCCN2C(=O)[C@H](Cc2ccccc2)NC(=O)[C@H](Cc2ccccc2)NC(=O)CCCN)C1=O. The molecule has 0 bridgehead atoms. The number of carbonyl (C=O) groups is 6. The normalized spacial score (nSPS) is 18.6. The molecule has 0 aliphatic carbocycles. The lowest BCUT2D eigenvalue weighted by Crippen LogP contribution is -2.61. The van der Waals surface area contributed by atoms with E-state index in [-0.39, 0.29) is 50.0 Å². The summed E-state index contributed by atoms with van der Waals surface area (Å²) in [7, 11) is 0. The van der Waals surface area contributed by atoms with Crippen LogP contribution in [0.25, 0.3) is 0 Å². The molecule has 0 radical (unpaired) electrons. The highest BCUT2D eigenvalue weighted by Gasteiger charge is 2.57. The minimum absolute atomic E-state index is 0.0256. The van der Waals surface area contributed by atoms with Gasteiger partial charge in [0.15, 0.2) is 0 Å². The van der Waals surface area contributed by atoms with Gasteiger partial charge in [-0.1, -0.05) is 105 Å². The predicted octanol–water partition coefficient (Wildman–Crippen LogP) is 2.40. The Morgan fingerprint density at radius 3 is 1.75 bits per heavy atom. The summed E-state index contributed by atoms with van der Waals surface area (Å²) in [5, 5.41) is 8.65. The highest BCUT2D eigenvalue weighted by atomic mass is 16.2.